The Kier molecular flexibility index (Phi) is 5.51. The van der Waals surface area contributed by atoms with Crippen molar-refractivity contribution in [3.8, 4) is 0 Å². The van der Waals surface area contributed by atoms with Gasteiger partial charge in [-0.2, -0.15) is 11.8 Å². The van der Waals surface area contributed by atoms with Gasteiger partial charge in [0.25, 0.3) is 0 Å². The van der Waals surface area contributed by atoms with Crippen molar-refractivity contribution < 1.29 is 14.3 Å². The van der Waals surface area contributed by atoms with E-state index < -0.39 is 0 Å². The number of nitrogens with one attached hydrogen (secondary N) is 1. The monoisotopic (exact) mass is 286 g/mol. The van der Waals surface area contributed by atoms with E-state index in [0.717, 1.165) is 37.4 Å². The smallest absolute Gasteiger partial charge is 0.310 e. The van der Waals surface area contributed by atoms with Gasteiger partial charge in [0.15, 0.2) is 0 Å². The summed E-state index contributed by atoms with van der Waals surface area (Å²) < 4.78 is 5.06. The molecule has 0 radical (unpaired) electrons. The molecule has 1 amide bonds. The van der Waals surface area contributed by atoms with E-state index in [9.17, 15) is 9.59 Å². The summed E-state index contributed by atoms with van der Waals surface area (Å²) in [6.45, 7) is 4.38. The Bertz CT molecular complexity index is 332. The van der Waals surface area contributed by atoms with Crippen LogP contribution in [0.4, 0.5) is 0 Å². The largest absolute Gasteiger partial charge is 0.466 e. The lowest BCUT2D eigenvalue weighted by atomic mass is 9.97. The maximum absolute atomic E-state index is 12.4. The predicted octanol–water partition coefficient (Wildman–Crippen LogP) is 0.493. The molecule has 6 heteroatoms. The number of ether oxygens (including phenoxy) is 1. The van der Waals surface area contributed by atoms with Gasteiger partial charge in [0.1, 0.15) is 0 Å². The average molecular weight is 286 g/mol. The van der Waals surface area contributed by atoms with E-state index in [0.29, 0.717) is 13.2 Å². The molecule has 0 aromatic heterocycles. The van der Waals surface area contributed by atoms with Gasteiger partial charge < -0.3 is 15.0 Å². The molecule has 0 aromatic rings. The Balaban J connectivity index is 1.89. The van der Waals surface area contributed by atoms with Gasteiger partial charge >= 0.3 is 5.97 Å². The standard InChI is InChI=1S/C13H22N2O3S/c1-2-18-13(17)10-4-3-6-15(8-10)12(16)11-9-19-7-5-14-11/h10-11,14H,2-9H2,1H3. The van der Waals surface area contributed by atoms with E-state index in [1.54, 1.807) is 0 Å². The minimum absolute atomic E-state index is 0.0836. The van der Waals surface area contributed by atoms with Crippen LogP contribution in [-0.4, -0.2) is 60.6 Å². The Labute approximate surface area is 118 Å². The fourth-order valence-electron chi connectivity index (χ4n) is 2.57. The number of nitrogens with zero attached hydrogens (tertiary/aromatic N) is 1. The third-order valence-electron chi connectivity index (χ3n) is 3.57. The first-order valence-electron chi connectivity index (χ1n) is 6.99. The first-order chi connectivity index (χ1) is 9.22. The van der Waals surface area contributed by atoms with Crippen LogP contribution >= 0.6 is 11.8 Å². The highest BCUT2D eigenvalue weighted by molar-refractivity contribution is 7.99. The molecule has 2 aliphatic rings. The minimum Gasteiger partial charge on any atom is -0.466 e. The molecule has 2 heterocycles. The molecule has 1 N–H and O–H groups in total. The molecule has 0 bridgehead atoms. The number of amides is 1. The number of likely N-dealkylation sites (tertiary alicyclic amines) is 1. The van der Waals surface area contributed by atoms with Crippen LogP contribution < -0.4 is 5.32 Å². The Morgan fingerprint density at radius 3 is 3.00 bits per heavy atom. The lowest BCUT2D eigenvalue weighted by Gasteiger charge is -2.35. The molecule has 0 aromatic carbocycles. The summed E-state index contributed by atoms with van der Waals surface area (Å²) in [5, 5.41) is 3.26. The number of hydrogen-bond donors (Lipinski definition) is 1. The molecule has 0 spiro atoms. The summed E-state index contributed by atoms with van der Waals surface area (Å²) in [7, 11) is 0. The highest BCUT2D eigenvalue weighted by Crippen LogP contribution is 2.20. The fraction of sp³-hybridized carbons (Fsp3) is 0.846. The third-order valence-corrected chi connectivity index (χ3v) is 4.63. The zero-order valence-corrected chi connectivity index (χ0v) is 12.2. The van der Waals surface area contributed by atoms with Crippen molar-refractivity contribution in [1.29, 1.82) is 0 Å². The molecule has 0 aliphatic carbocycles. The van der Waals surface area contributed by atoms with Crippen LogP contribution in [0.5, 0.6) is 0 Å². The number of carbonyl (C=O) groups excluding carboxylic acids is 2. The molecule has 108 valence electrons. The zero-order valence-electron chi connectivity index (χ0n) is 11.4. The van der Waals surface area contributed by atoms with Gasteiger partial charge in [-0.25, -0.2) is 0 Å². The van der Waals surface area contributed by atoms with Crippen molar-refractivity contribution in [3.63, 3.8) is 0 Å². The molecular weight excluding hydrogens is 264 g/mol. The van der Waals surface area contributed by atoms with Gasteiger partial charge in [0.05, 0.1) is 18.6 Å². The lowest BCUT2D eigenvalue weighted by Crippen LogP contribution is -2.53. The number of carbonyl (C=O) groups is 2. The fourth-order valence-corrected chi connectivity index (χ4v) is 3.50. The first kappa shape index (κ1) is 14.7. The molecule has 2 fully saturated rings. The number of thioether (sulfide) groups is 1. The second-order valence-corrected chi connectivity index (χ2v) is 6.11. The van der Waals surface area contributed by atoms with Gasteiger partial charge in [-0.1, -0.05) is 0 Å². The highest BCUT2D eigenvalue weighted by Gasteiger charge is 2.32. The van der Waals surface area contributed by atoms with Crippen molar-refractivity contribution in [2.24, 2.45) is 5.92 Å². The van der Waals surface area contributed by atoms with E-state index in [2.05, 4.69) is 5.32 Å². The summed E-state index contributed by atoms with van der Waals surface area (Å²) in [6, 6.07) is -0.0836. The maximum atomic E-state index is 12.4. The highest BCUT2D eigenvalue weighted by atomic mass is 32.2. The van der Waals surface area contributed by atoms with Gasteiger partial charge in [-0.3, -0.25) is 9.59 Å². The van der Waals surface area contributed by atoms with Crippen molar-refractivity contribution in [2.45, 2.75) is 25.8 Å². The SMILES string of the molecule is CCOC(=O)C1CCCN(C(=O)C2CSCCN2)C1. The second-order valence-electron chi connectivity index (χ2n) is 4.96. The molecule has 2 atom stereocenters. The van der Waals surface area contributed by atoms with Crippen molar-refractivity contribution in [1.82, 2.24) is 10.2 Å². The molecule has 0 saturated carbocycles. The van der Waals surface area contributed by atoms with E-state index in [4.69, 9.17) is 4.74 Å². The normalized spacial score (nSPS) is 27.9. The molecule has 5 nitrogen and oxygen atoms in total. The van der Waals surface area contributed by atoms with Gasteiger partial charge in [-0.05, 0) is 19.8 Å². The van der Waals surface area contributed by atoms with Crippen LogP contribution in [0, 0.1) is 5.92 Å². The Morgan fingerprint density at radius 1 is 1.47 bits per heavy atom. The van der Waals surface area contributed by atoms with Crippen LogP contribution in [0.3, 0.4) is 0 Å². The molecule has 19 heavy (non-hydrogen) atoms. The summed E-state index contributed by atoms with van der Waals surface area (Å²) in [6.07, 6.45) is 1.71. The van der Waals surface area contributed by atoms with E-state index in [1.165, 1.54) is 0 Å². The first-order valence-corrected chi connectivity index (χ1v) is 8.14. The summed E-state index contributed by atoms with van der Waals surface area (Å²) >= 11 is 1.81. The number of rotatable bonds is 3. The van der Waals surface area contributed by atoms with Crippen LogP contribution in [0.25, 0.3) is 0 Å². The summed E-state index contributed by atoms with van der Waals surface area (Å²) in [5.41, 5.74) is 0. The second kappa shape index (κ2) is 7.14. The van der Waals surface area contributed by atoms with Crippen LogP contribution in [0.2, 0.25) is 0 Å². The van der Waals surface area contributed by atoms with Crippen molar-refractivity contribution >= 4 is 23.6 Å². The van der Waals surface area contributed by atoms with Crippen LogP contribution in [0.1, 0.15) is 19.8 Å². The average Bonchev–Trinajstić information content (AvgIpc) is 2.48. The van der Waals surface area contributed by atoms with E-state index in [-0.39, 0.29) is 23.8 Å². The van der Waals surface area contributed by atoms with E-state index >= 15 is 0 Å². The maximum Gasteiger partial charge on any atom is 0.310 e. The minimum atomic E-state index is -0.161. The Hall–Kier alpha value is -0.750. The molecular formula is C13H22N2O3S. The molecule has 2 unspecified atom stereocenters. The topological polar surface area (TPSA) is 58.6 Å². The summed E-state index contributed by atoms with van der Waals surface area (Å²) in [5.74, 6) is 1.73. The zero-order chi connectivity index (χ0) is 13.7. The molecule has 2 rings (SSSR count). The number of hydrogen-bond acceptors (Lipinski definition) is 5. The van der Waals surface area contributed by atoms with Crippen LogP contribution in [-0.2, 0) is 14.3 Å². The molecule has 2 saturated heterocycles. The van der Waals surface area contributed by atoms with Gasteiger partial charge in [0, 0.05) is 31.1 Å². The summed E-state index contributed by atoms with van der Waals surface area (Å²) in [4.78, 5) is 26.0. The van der Waals surface area contributed by atoms with Gasteiger partial charge in [-0.15, -0.1) is 0 Å². The molecule has 2 aliphatic heterocycles. The van der Waals surface area contributed by atoms with Crippen molar-refractivity contribution in [3.05, 3.63) is 0 Å². The predicted molar refractivity (Wildman–Crippen MR) is 75.1 cm³/mol. The number of piperidine rings is 1. The third kappa shape index (κ3) is 3.86. The van der Waals surface area contributed by atoms with Gasteiger partial charge in [0.2, 0.25) is 5.91 Å². The van der Waals surface area contributed by atoms with Crippen LogP contribution in [0.15, 0.2) is 0 Å². The van der Waals surface area contributed by atoms with E-state index in [1.807, 2.05) is 23.6 Å². The van der Waals surface area contributed by atoms with Crippen molar-refractivity contribution in [2.75, 3.05) is 37.7 Å². The number of esters is 1. The lowest BCUT2D eigenvalue weighted by molar-refractivity contribution is -0.151. The Morgan fingerprint density at radius 2 is 2.32 bits per heavy atom. The quantitative estimate of drug-likeness (QED) is 0.765.